The van der Waals surface area contributed by atoms with Crippen LogP contribution in [0.2, 0.25) is 0 Å². The number of hydrogen-bond acceptors (Lipinski definition) is 5. The number of thiophene rings is 1. The summed E-state index contributed by atoms with van der Waals surface area (Å²) < 4.78 is 5.21. The molecule has 1 rings (SSSR count). The predicted octanol–water partition coefficient (Wildman–Crippen LogP) is 1.48. The number of nitrogen functional groups attached to an aromatic ring is 1. The van der Waals surface area contributed by atoms with Gasteiger partial charge in [-0.2, -0.15) is 0 Å². The first-order valence-corrected chi connectivity index (χ1v) is 6.30. The van der Waals surface area contributed by atoms with Crippen LogP contribution < -0.4 is 11.1 Å². The lowest BCUT2D eigenvalue weighted by Crippen LogP contribution is -2.21. The second kappa shape index (κ2) is 6.46. The summed E-state index contributed by atoms with van der Waals surface area (Å²) in [4.78, 5) is 13.9. The quantitative estimate of drug-likeness (QED) is 0.758. The van der Waals surface area contributed by atoms with Crippen LogP contribution in [0, 0.1) is 0 Å². The average Bonchev–Trinajstić information content (AvgIpc) is 2.65. The molecule has 1 heterocycles. The van der Waals surface area contributed by atoms with Gasteiger partial charge in [0.1, 0.15) is 4.88 Å². The molecule has 1 aromatic heterocycles. The first-order chi connectivity index (χ1) is 8.06. The van der Waals surface area contributed by atoms with Crippen LogP contribution >= 0.6 is 11.3 Å². The van der Waals surface area contributed by atoms with Crippen molar-refractivity contribution in [1.29, 1.82) is 0 Å². The third-order valence-electron chi connectivity index (χ3n) is 2.11. The zero-order valence-corrected chi connectivity index (χ0v) is 11.3. The van der Waals surface area contributed by atoms with E-state index >= 15 is 0 Å². The fraction of sp³-hybridized carbons (Fsp3) is 0.545. The molecule has 0 aliphatic carbocycles. The number of anilines is 2. The third-order valence-corrected chi connectivity index (χ3v) is 3.21. The molecule has 0 aliphatic heterocycles. The van der Waals surface area contributed by atoms with E-state index in [0.717, 1.165) is 5.00 Å². The number of nitrogens with one attached hydrogen (secondary N) is 1. The zero-order chi connectivity index (χ0) is 12.8. The Morgan fingerprint density at radius 2 is 2.29 bits per heavy atom. The highest BCUT2D eigenvalue weighted by molar-refractivity contribution is 7.18. The smallest absolute Gasteiger partial charge is 0.265 e. The summed E-state index contributed by atoms with van der Waals surface area (Å²) in [7, 11) is 3.42. The Morgan fingerprint density at radius 1 is 1.59 bits per heavy atom. The van der Waals surface area contributed by atoms with E-state index in [1.165, 1.54) is 16.2 Å². The molecule has 0 unspecified atom stereocenters. The van der Waals surface area contributed by atoms with Gasteiger partial charge in [0.25, 0.3) is 5.91 Å². The van der Waals surface area contributed by atoms with Gasteiger partial charge in [0.15, 0.2) is 0 Å². The molecule has 6 heteroatoms. The molecule has 0 spiro atoms. The zero-order valence-electron chi connectivity index (χ0n) is 10.4. The normalized spacial score (nSPS) is 10.3. The minimum Gasteiger partial charge on any atom is -0.397 e. The van der Waals surface area contributed by atoms with Crippen LogP contribution in [-0.4, -0.2) is 44.7 Å². The van der Waals surface area contributed by atoms with Crippen LogP contribution in [-0.2, 0) is 4.74 Å². The lowest BCUT2D eigenvalue weighted by molar-refractivity contribution is 0.0833. The van der Waals surface area contributed by atoms with Gasteiger partial charge in [-0.3, -0.25) is 4.79 Å². The number of nitrogens with two attached hydrogens (primary N) is 1. The Labute approximate surface area is 106 Å². The SMILES string of the molecule is CCOCCNc1cc(N)c(C(=O)N(C)C)s1. The molecule has 0 atom stereocenters. The first kappa shape index (κ1) is 13.8. The number of carbonyl (C=O) groups excluding carboxylic acids is 1. The molecule has 17 heavy (non-hydrogen) atoms. The molecular weight excluding hydrogens is 238 g/mol. The van der Waals surface area contributed by atoms with E-state index in [9.17, 15) is 4.79 Å². The summed E-state index contributed by atoms with van der Waals surface area (Å²) in [5, 5.41) is 4.07. The fourth-order valence-corrected chi connectivity index (χ4v) is 2.28. The van der Waals surface area contributed by atoms with Gasteiger partial charge in [0.05, 0.1) is 17.3 Å². The maximum absolute atomic E-state index is 11.8. The summed E-state index contributed by atoms with van der Waals surface area (Å²) in [5.74, 6) is -0.0645. The van der Waals surface area contributed by atoms with E-state index in [-0.39, 0.29) is 5.91 Å². The van der Waals surface area contributed by atoms with E-state index < -0.39 is 0 Å². The van der Waals surface area contributed by atoms with Gasteiger partial charge in [-0.15, -0.1) is 11.3 Å². The maximum Gasteiger partial charge on any atom is 0.265 e. The molecule has 0 aliphatic rings. The van der Waals surface area contributed by atoms with Gasteiger partial charge in [0.2, 0.25) is 0 Å². The van der Waals surface area contributed by atoms with Crippen LogP contribution in [0.3, 0.4) is 0 Å². The van der Waals surface area contributed by atoms with Crippen molar-refractivity contribution in [3.8, 4) is 0 Å². The van der Waals surface area contributed by atoms with Crippen molar-refractivity contribution in [3.05, 3.63) is 10.9 Å². The van der Waals surface area contributed by atoms with Crippen LogP contribution in [0.5, 0.6) is 0 Å². The summed E-state index contributed by atoms with van der Waals surface area (Å²) in [6, 6.07) is 1.79. The monoisotopic (exact) mass is 257 g/mol. The molecule has 0 saturated carbocycles. The molecule has 1 amide bonds. The van der Waals surface area contributed by atoms with Crippen LogP contribution in [0.1, 0.15) is 16.6 Å². The molecule has 0 saturated heterocycles. The van der Waals surface area contributed by atoms with Gasteiger partial charge in [-0.1, -0.05) is 0 Å². The highest BCUT2D eigenvalue weighted by Crippen LogP contribution is 2.29. The van der Waals surface area contributed by atoms with E-state index in [1.807, 2.05) is 6.92 Å². The molecule has 1 aromatic rings. The Balaban J connectivity index is 2.59. The summed E-state index contributed by atoms with van der Waals surface area (Å²) in [6.07, 6.45) is 0. The van der Waals surface area contributed by atoms with E-state index in [4.69, 9.17) is 10.5 Å². The van der Waals surface area contributed by atoms with Crippen molar-refractivity contribution < 1.29 is 9.53 Å². The molecular formula is C11H19N3O2S. The maximum atomic E-state index is 11.8. The lowest BCUT2D eigenvalue weighted by Gasteiger charge is -2.08. The summed E-state index contributed by atoms with van der Waals surface area (Å²) in [6.45, 7) is 4.02. The highest BCUT2D eigenvalue weighted by Gasteiger charge is 2.15. The number of rotatable bonds is 6. The van der Waals surface area contributed by atoms with Gasteiger partial charge in [-0.05, 0) is 13.0 Å². The molecule has 5 nitrogen and oxygen atoms in total. The Bertz CT molecular complexity index is 377. The third kappa shape index (κ3) is 3.90. The standard InChI is InChI=1S/C11H19N3O2S/c1-4-16-6-5-13-9-7-8(12)10(17-9)11(15)14(2)3/h7,13H,4-6,12H2,1-3H3. The highest BCUT2D eigenvalue weighted by atomic mass is 32.1. The predicted molar refractivity (Wildman–Crippen MR) is 71.7 cm³/mol. The van der Waals surface area contributed by atoms with E-state index in [1.54, 1.807) is 20.2 Å². The van der Waals surface area contributed by atoms with Crippen molar-refractivity contribution in [3.63, 3.8) is 0 Å². The largest absolute Gasteiger partial charge is 0.397 e. The topological polar surface area (TPSA) is 67.6 Å². The van der Waals surface area contributed by atoms with Crippen molar-refractivity contribution in [2.45, 2.75) is 6.92 Å². The van der Waals surface area contributed by atoms with Crippen molar-refractivity contribution in [2.75, 3.05) is 44.9 Å². The van der Waals surface area contributed by atoms with E-state index in [2.05, 4.69) is 5.32 Å². The lowest BCUT2D eigenvalue weighted by atomic mass is 10.3. The Morgan fingerprint density at radius 3 is 2.88 bits per heavy atom. The number of amides is 1. The number of ether oxygens (including phenoxy) is 1. The number of nitrogens with zero attached hydrogens (tertiary/aromatic N) is 1. The van der Waals surface area contributed by atoms with Crippen molar-refractivity contribution in [1.82, 2.24) is 4.90 Å². The molecule has 96 valence electrons. The van der Waals surface area contributed by atoms with Gasteiger partial charge >= 0.3 is 0 Å². The number of hydrogen-bond donors (Lipinski definition) is 2. The molecule has 3 N–H and O–H groups in total. The summed E-state index contributed by atoms with van der Waals surface area (Å²) in [5.41, 5.74) is 6.32. The Hall–Kier alpha value is -1.27. The molecule has 0 aromatic carbocycles. The second-order valence-corrected chi connectivity index (χ2v) is 4.77. The van der Waals surface area contributed by atoms with Crippen LogP contribution in [0.4, 0.5) is 10.7 Å². The number of carbonyl (C=O) groups is 1. The minimum atomic E-state index is -0.0645. The molecule has 0 fully saturated rings. The molecule has 0 bridgehead atoms. The van der Waals surface area contributed by atoms with Crippen molar-refractivity contribution >= 4 is 27.9 Å². The average molecular weight is 257 g/mol. The van der Waals surface area contributed by atoms with Gasteiger partial charge in [-0.25, -0.2) is 0 Å². The van der Waals surface area contributed by atoms with Gasteiger partial charge in [0, 0.05) is 27.2 Å². The second-order valence-electron chi connectivity index (χ2n) is 3.72. The van der Waals surface area contributed by atoms with E-state index in [0.29, 0.717) is 30.3 Å². The minimum absolute atomic E-state index is 0.0645. The van der Waals surface area contributed by atoms with Crippen molar-refractivity contribution in [2.24, 2.45) is 0 Å². The molecule has 0 radical (unpaired) electrons. The Kier molecular flexibility index (Phi) is 5.24. The van der Waals surface area contributed by atoms with Crippen LogP contribution in [0.15, 0.2) is 6.07 Å². The summed E-state index contributed by atoms with van der Waals surface area (Å²) >= 11 is 1.37. The fourth-order valence-electron chi connectivity index (χ4n) is 1.25. The van der Waals surface area contributed by atoms with Crippen LogP contribution in [0.25, 0.3) is 0 Å². The first-order valence-electron chi connectivity index (χ1n) is 5.48. The van der Waals surface area contributed by atoms with Gasteiger partial charge < -0.3 is 20.7 Å².